The highest BCUT2D eigenvalue weighted by molar-refractivity contribution is 5.83. The van der Waals surface area contributed by atoms with Crippen molar-refractivity contribution >= 4 is 17.5 Å². The lowest BCUT2D eigenvalue weighted by Crippen LogP contribution is -2.53. The molecule has 8 heteroatoms. The van der Waals surface area contributed by atoms with Crippen LogP contribution in [0.3, 0.4) is 0 Å². The molecule has 2 amide bonds. The minimum Gasteiger partial charge on any atom is -0.368 e. The first-order valence-corrected chi connectivity index (χ1v) is 12.8. The Morgan fingerprint density at radius 1 is 0.914 bits per heavy atom. The maximum Gasteiger partial charge on any atom is 0.241 e. The number of carbonyl (C=O) groups is 2. The van der Waals surface area contributed by atoms with Gasteiger partial charge < -0.3 is 14.7 Å². The van der Waals surface area contributed by atoms with Gasteiger partial charge in [0.25, 0.3) is 0 Å². The molecule has 2 atom stereocenters. The van der Waals surface area contributed by atoms with Crippen molar-refractivity contribution in [1.82, 2.24) is 25.6 Å². The number of aromatic nitrogens is 1. The second-order valence-electron chi connectivity index (χ2n) is 10.1. The van der Waals surface area contributed by atoms with Crippen molar-refractivity contribution in [3.05, 3.63) is 59.4 Å². The number of piperidine rings is 1. The average Bonchev–Trinajstić information content (AvgIpc) is 3.40. The summed E-state index contributed by atoms with van der Waals surface area (Å²) in [5.74, 6) is 0.399. The predicted octanol–water partition coefficient (Wildman–Crippen LogP) is 2.19. The SMILES string of the molecule is Cc1ccc(C)c(N2CCN(C(=O)C3CCN(C(=O)C4CC(c5cccnc5)NN4)CC3)CC2)c1. The number of piperazine rings is 1. The van der Waals surface area contributed by atoms with Crippen LogP contribution in [0, 0.1) is 19.8 Å². The van der Waals surface area contributed by atoms with E-state index in [2.05, 4.69) is 52.8 Å². The van der Waals surface area contributed by atoms with Crippen molar-refractivity contribution in [1.29, 1.82) is 0 Å². The molecule has 1 aromatic heterocycles. The zero-order chi connectivity index (χ0) is 24.4. The Bertz CT molecular complexity index is 1040. The van der Waals surface area contributed by atoms with Crippen LogP contribution in [-0.4, -0.2) is 71.9 Å². The van der Waals surface area contributed by atoms with Crippen LogP contribution in [0.15, 0.2) is 42.7 Å². The van der Waals surface area contributed by atoms with Crippen LogP contribution in [0.5, 0.6) is 0 Å². The lowest BCUT2D eigenvalue weighted by molar-refractivity contribution is -0.141. The van der Waals surface area contributed by atoms with Crippen LogP contribution < -0.4 is 15.8 Å². The molecule has 2 aromatic rings. The predicted molar refractivity (Wildman–Crippen MR) is 136 cm³/mol. The highest BCUT2D eigenvalue weighted by Gasteiger charge is 2.36. The number of aryl methyl sites for hydroxylation is 2. The molecule has 35 heavy (non-hydrogen) atoms. The van der Waals surface area contributed by atoms with Crippen LogP contribution in [0.25, 0.3) is 0 Å². The molecule has 8 nitrogen and oxygen atoms in total. The Balaban J connectivity index is 1.09. The summed E-state index contributed by atoms with van der Waals surface area (Å²) in [5.41, 5.74) is 11.3. The molecule has 0 radical (unpaired) electrons. The zero-order valence-corrected chi connectivity index (χ0v) is 20.7. The van der Waals surface area contributed by atoms with Crippen LogP contribution in [0.4, 0.5) is 5.69 Å². The number of nitrogens with one attached hydrogen (secondary N) is 2. The maximum atomic E-state index is 13.2. The van der Waals surface area contributed by atoms with E-state index >= 15 is 0 Å². The molecule has 5 rings (SSSR count). The van der Waals surface area contributed by atoms with Gasteiger partial charge in [-0.15, -0.1) is 0 Å². The molecule has 3 aliphatic heterocycles. The number of hydrogen-bond acceptors (Lipinski definition) is 6. The summed E-state index contributed by atoms with van der Waals surface area (Å²) in [6.45, 7) is 8.83. The van der Waals surface area contributed by atoms with Gasteiger partial charge >= 0.3 is 0 Å². The molecule has 0 aliphatic carbocycles. The van der Waals surface area contributed by atoms with Gasteiger partial charge in [0.2, 0.25) is 11.8 Å². The molecule has 0 saturated carbocycles. The van der Waals surface area contributed by atoms with Gasteiger partial charge in [-0.25, -0.2) is 10.9 Å². The summed E-state index contributed by atoms with van der Waals surface area (Å²) in [6, 6.07) is 10.3. The van der Waals surface area contributed by atoms with Gasteiger partial charge in [-0.2, -0.15) is 0 Å². The summed E-state index contributed by atoms with van der Waals surface area (Å²) >= 11 is 0. The van der Waals surface area contributed by atoms with Crippen molar-refractivity contribution < 1.29 is 9.59 Å². The van der Waals surface area contributed by atoms with Gasteiger partial charge in [0.1, 0.15) is 6.04 Å². The second kappa shape index (κ2) is 10.3. The second-order valence-corrected chi connectivity index (χ2v) is 10.1. The molecular formula is C27H36N6O2. The van der Waals surface area contributed by atoms with E-state index in [1.165, 1.54) is 16.8 Å². The Kier molecular flexibility index (Phi) is 7.02. The van der Waals surface area contributed by atoms with Crippen molar-refractivity contribution in [2.75, 3.05) is 44.2 Å². The van der Waals surface area contributed by atoms with E-state index in [-0.39, 0.29) is 29.8 Å². The molecule has 3 aliphatic rings. The Labute approximate surface area is 207 Å². The van der Waals surface area contributed by atoms with Crippen LogP contribution in [0.2, 0.25) is 0 Å². The number of rotatable bonds is 4. The van der Waals surface area contributed by atoms with Crippen molar-refractivity contribution in [2.45, 2.75) is 45.2 Å². The lowest BCUT2D eigenvalue weighted by Gasteiger charge is -2.40. The van der Waals surface area contributed by atoms with E-state index in [1.54, 1.807) is 6.20 Å². The molecule has 3 fully saturated rings. The topological polar surface area (TPSA) is 80.8 Å². The van der Waals surface area contributed by atoms with Crippen LogP contribution in [-0.2, 0) is 9.59 Å². The minimum absolute atomic E-state index is 0.0177. The smallest absolute Gasteiger partial charge is 0.241 e. The lowest BCUT2D eigenvalue weighted by atomic mass is 9.94. The molecule has 4 heterocycles. The van der Waals surface area contributed by atoms with E-state index in [4.69, 9.17) is 0 Å². The molecule has 0 bridgehead atoms. The molecule has 1 aromatic carbocycles. The highest BCUT2D eigenvalue weighted by Crippen LogP contribution is 2.27. The van der Waals surface area contributed by atoms with Gasteiger partial charge in [-0.05, 0) is 61.9 Å². The molecule has 2 N–H and O–H groups in total. The average molecular weight is 477 g/mol. The number of nitrogens with zero attached hydrogens (tertiary/aromatic N) is 4. The number of hydrazine groups is 1. The van der Waals surface area contributed by atoms with E-state index in [9.17, 15) is 9.59 Å². The largest absolute Gasteiger partial charge is 0.368 e. The third-order valence-electron chi connectivity index (χ3n) is 7.74. The number of anilines is 1. The van der Waals surface area contributed by atoms with Gasteiger partial charge in [-0.3, -0.25) is 14.6 Å². The Hall–Kier alpha value is -2.97. The van der Waals surface area contributed by atoms with E-state index < -0.39 is 0 Å². The van der Waals surface area contributed by atoms with Gasteiger partial charge in [0.05, 0.1) is 0 Å². The van der Waals surface area contributed by atoms with Crippen molar-refractivity contribution in [3.63, 3.8) is 0 Å². The molecule has 2 unspecified atom stereocenters. The number of carbonyl (C=O) groups excluding carboxylic acids is 2. The molecular weight excluding hydrogens is 440 g/mol. The van der Waals surface area contributed by atoms with E-state index in [1.807, 2.05) is 28.1 Å². The highest BCUT2D eigenvalue weighted by atomic mass is 16.2. The summed E-state index contributed by atoms with van der Waals surface area (Å²) < 4.78 is 0. The molecule has 186 valence electrons. The fraction of sp³-hybridized carbons (Fsp3) is 0.519. The third-order valence-corrected chi connectivity index (χ3v) is 7.74. The van der Waals surface area contributed by atoms with Crippen LogP contribution >= 0.6 is 0 Å². The van der Waals surface area contributed by atoms with Crippen molar-refractivity contribution in [2.24, 2.45) is 5.92 Å². The number of likely N-dealkylation sites (tertiary alicyclic amines) is 1. The normalized spacial score (nSPS) is 23.5. The standard InChI is InChI=1S/C27H36N6O2/c1-19-5-6-20(2)25(16-19)31-12-14-33(15-13-31)26(34)21-7-10-32(11-8-21)27(35)24-17-23(29-30-24)22-4-3-9-28-18-22/h3-6,9,16,18,21,23-24,29-30H,7-8,10-15,17H2,1-2H3. The van der Waals surface area contributed by atoms with Gasteiger partial charge in [0.15, 0.2) is 0 Å². The molecule has 0 spiro atoms. The first kappa shape index (κ1) is 23.8. The van der Waals surface area contributed by atoms with Gasteiger partial charge in [-0.1, -0.05) is 18.2 Å². The summed E-state index contributed by atoms with van der Waals surface area (Å²) in [7, 11) is 0. The zero-order valence-electron chi connectivity index (χ0n) is 20.7. The third kappa shape index (κ3) is 5.18. The maximum absolute atomic E-state index is 13.2. The number of hydrogen-bond donors (Lipinski definition) is 2. The number of pyridine rings is 1. The number of amides is 2. The summed E-state index contributed by atoms with van der Waals surface area (Å²) in [6.07, 6.45) is 5.78. The van der Waals surface area contributed by atoms with E-state index in [0.29, 0.717) is 19.5 Å². The van der Waals surface area contributed by atoms with Gasteiger partial charge in [0, 0.05) is 69.3 Å². The first-order chi connectivity index (χ1) is 17.0. The van der Waals surface area contributed by atoms with Crippen molar-refractivity contribution in [3.8, 4) is 0 Å². The quantitative estimate of drug-likeness (QED) is 0.704. The Morgan fingerprint density at radius 2 is 1.66 bits per heavy atom. The van der Waals surface area contributed by atoms with Crippen LogP contribution in [0.1, 0.15) is 42.0 Å². The first-order valence-electron chi connectivity index (χ1n) is 12.8. The Morgan fingerprint density at radius 3 is 2.37 bits per heavy atom. The fourth-order valence-corrected chi connectivity index (χ4v) is 5.57. The molecule has 3 saturated heterocycles. The fourth-order valence-electron chi connectivity index (χ4n) is 5.57. The van der Waals surface area contributed by atoms with E-state index in [0.717, 1.165) is 44.6 Å². The summed E-state index contributed by atoms with van der Waals surface area (Å²) in [5, 5.41) is 0. The monoisotopic (exact) mass is 476 g/mol. The number of benzene rings is 1. The summed E-state index contributed by atoms with van der Waals surface area (Å²) in [4.78, 5) is 36.8. The minimum atomic E-state index is -0.245.